The second kappa shape index (κ2) is 7.00. The summed E-state index contributed by atoms with van der Waals surface area (Å²) in [6.07, 6.45) is 0.998. The van der Waals surface area contributed by atoms with Gasteiger partial charge < -0.3 is 10.0 Å². The normalized spacial score (nSPS) is 12.4. The van der Waals surface area contributed by atoms with Crippen LogP contribution in [0.1, 0.15) is 42.3 Å². The Kier molecular flexibility index (Phi) is 5.31. The lowest BCUT2D eigenvalue weighted by molar-refractivity contribution is 0.283. The van der Waals surface area contributed by atoms with E-state index in [0.29, 0.717) is 12.5 Å². The smallest absolute Gasteiger partial charge is 0.185 e. The van der Waals surface area contributed by atoms with Crippen LogP contribution in [0.2, 0.25) is 0 Å². The van der Waals surface area contributed by atoms with Crippen LogP contribution in [-0.4, -0.2) is 17.1 Å². The third kappa shape index (κ3) is 3.80. The molecule has 2 rings (SSSR count). The Bertz CT molecular complexity index is 582. The summed E-state index contributed by atoms with van der Waals surface area (Å²) in [5.74, 6) is 0.119. The van der Waals surface area contributed by atoms with Crippen molar-refractivity contribution < 1.29 is 9.50 Å². The molecule has 0 amide bonds. The van der Waals surface area contributed by atoms with Gasteiger partial charge in [-0.15, -0.1) is 0 Å². The molecule has 1 aromatic carbocycles. The van der Waals surface area contributed by atoms with Crippen LogP contribution in [0.25, 0.3) is 0 Å². The molecule has 0 radical (unpaired) electrons. The first-order valence-corrected chi connectivity index (χ1v) is 7.92. The summed E-state index contributed by atoms with van der Waals surface area (Å²) in [4.78, 5) is 7.64. The van der Waals surface area contributed by atoms with Gasteiger partial charge in [-0.05, 0) is 30.0 Å². The van der Waals surface area contributed by atoms with Crippen molar-refractivity contribution in [1.82, 2.24) is 4.98 Å². The van der Waals surface area contributed by atoms with E-state index in [1.165, 1.54) is 23.5 Å². The predicted molar refractivity (Wildman–Crippen MR) is 85.2 cm³/mol. The van der Waals surface area contributed by atoms with Crippen LogP contribution >= 0.6 is 11.3 Å². The molecule has 114 valence electrons. The Morgan fingerprint density at radius 2 is 2.00 bits per heavy atom. The molecule has 1 heterocycles. The van der Waals surface area contributed by atoms with E-state index in [4.69, 9.17) is 0 Å². The average molecular weight is 308 g/mol. The molecule has 5 heteroatoms. The number of anilines is 1. The van der Waals surface area contributed by atoms with E-state index in [-0.39, 0.29) is 12.4 Å². The van der Waals surface area contributed by atoms with Gasteiger partial charge in [0.05, 0.1) is 17.2 Å². The second-order valence-corrected chi connectivity index (χ2v) is 6.32. The molecule has 0 fully saturated rings. The van der Waals surface area contributed by atoms with Crippen LogP contribution in [-0.2, 0) is 13.2 Å². The number of halogens is 1. The lowest BCUT2D eigenvalue weighted by Crippen LogP contribution is -2.16. The first-order chi connectivity index (χ1) is 10.0. The van der Waals surface area contributed by atoms with E-state index in [2.05, 4.69) is 18.8 Å². The van der Waals surface area contributed by atoms with Gasteiger partial charge in [-0.25, -0.2) is 9.37 Å². The highest BCUT2D eigenvalue weighted by Gasteiger charge is 2.17. The van der Waals surface area contributed by atoms with Gasteiger partial charge in [-0.2, -0.15) is 0 Å². The summed E-state index contributed by atoms with van der Waals surface area (Å²) in [5.41, 5.74) is 2.02. The van der Waals surface area contributed by atoms with E-state index >= 15 is 0 Å². The number of nitrogens with zero attached hydrogens (tertiary/aromatic N) is 2. The number of aromatic nitrogens is 1. The molecule has 0 aliphatic rings. The molecule has 2 aromatic rings. The van der Waals surface area contributed by atoms with Gasteiger partial charge >= 0.3 is 0 Å². The molecule has 0 bridgehead atoms. The minimum Gasteiger partial charge on any atom is -0.391 e. The Morgan fingerprint density at radius 3 is 2.57 bits per heavy atom. The highest BCUT2D eigenvalue weighted by Crippen LogP contribution is 2.32. The second-order valence-electron chi connectivity index (χ2n) is 5.25. The number of aliphatic hydroxyl groups is 1. The summed E-state index contributed by atoms with van der Waals surface area (Å²) < 4.78 is 12.9. The monoisotopic (exact) mass is 308 g/mol. The molecule has 0 saturated heterocycles. The van der Waals surface area contributed by atoms with Crippen molar-refractivity contribution in [3.05, 3.63) is 46.2 Å². The zero-order valence-corrected chi connectivity index (χ0v) is 13.5. The quantitative estimate of drug-likeness (QED) is 0.878. The molecule has 0 spiro atoms. The summed E-state index contributed by atoms with van der Waals surface area (Å²) in [6, 6.07) is 6.49. The highest BCUT2D eigenvalue weighted by molar-refractivity contribution is 7.15. The summed E-state index contributed by atoms with van der Waals surface area (Å²) in [5, 5.41) is 10.4. The van der Waals surface area contributed by atoms with Gasteiger partial charge in [0.15, 0.2) is 5.13 Å². The molecular weight excluding hydrogens is 287 g/mol. The van der Waals surface area contributed by atoms with Crippen molar-refractivity contribution in [2.45, 2.75) is 39.3 Å². The van der Waals surface area contributed by atoms with Crippen molar-refractivity contribution in [1.29, 1.82) is 0 Å². The van der Waals surface area contributed by atoms with Crippen LogP contribution in [0, 0.1) is 5.82 Å². The van der Waals surface area contributed by atoms with Crippen LogP contribution in [0.5, 0.6) is 0 Å². The lowest BCUT2D eigenvalue weighted by Gasteiger charge is -2.15. The fourth-order valence-corrected chi connectivity index (χ4v) is 3.14. The Morgan fingerprint density at radius 1 is 1.33 bits per heavy atom. The molecule has 0 aliphatic heterocycles. The largest absolute Gasteiger partial charge is 0.391 e. The van der Waals surface area contributed by atoms with Crippen LogP contribution in [0.15, 0.2) is 24.3 Å². The maximum atomic E-state index is 12.9. The van der Waals surface area contributed by atoms with E-state index in [0.717, 1.165) is 27.7 Å². The molecule has 21 heavy (non-hydrogen) atoms. The van der Waals surface area contributed by atoms with Crippen molar-refractivity contribution >= 4 is 16.5 Å². The Balaban J connectivity index is 2.17. The number of aliphatic hydroxyl groups excluding tert-OH is 1. The molecule has 1 N–H and O–H groups in total. The average Bonchev–Trinajstić information content (AvgIpc) is 2.93. The molecule has 0 saturated carbocycles. The van der Waals surface area contributed by atoms with Crippen molar-refractivity contribution in [2.75, 3.05) is 11.9 Å². The lowest BCUT2D eigenvalue weighted by atomic mass is 10.0. The predicted octanol–water partition coefficient (Wildman–Crippen LogP) is 3.92. The van der Waals surface area contributed by atoms with E-state index in [1.54, 1.807) is 12.1 Å². The molecule has 1 aromatic heterocycles. The topological polar surface area (TPSA) is 36.4 Å². The molecule has 0 aliphatic carbocycles. The first-order valence-electron chi connectivity index (χ1n) is 7.11. The molecule has 1 atom stereocenters. The van der Waals surface area contributed by atoms with Crippen molar-refractivity contribution in [3.8, 4) is 0 Å². The standard InChI is InChI=1S/C16H21FN2OS/c1-4-11(2)15-14(10-20)21-16(18-15)19(3)9-12-5-7-13(17)8-6-12/h5-8,11,20H,4,9-10H2,1-3H3. The SMILES string of the molecule is CCC(C)c1nc(N(C)Cc2ccc(F)cc2)sc1CO. The summed E-state index contributed by atoms with van der Waals surface area (Å²) in [7, 11) is 1.96. The van der Waals surface area contributed by atoms with E-state index in [9.17, 15) is 9.50 Å². The van der Waals surface area contributed by atoms with E-state index in [1.807, 2.05) is 11.9 Å². The van der Waals surface area contributed by atoms with Crippen molar-refractivity contribution in [2.24, 2.45) is 0 Å². The highest BCUT2D eigenvalue weighted by atomic mass is 32.1. The third-order valence-electron chi connectivity index (χ3n) is 3.60. The maximum absolute atomic E-state index is 12.9. The Hall–Kier alpha value is -1.46. The third-order valence-corrected chi connectivity index (χ3v) is 4.77. The van der Waals surface area contributed by atoms with Gasteiger partial charge in [0, 0.05) is 13.6 Å². The number of hydrogen-bond acceptors (Lipinski definition) is 4. The minimum absolute atomic E-state index is 0.0295. The van der Waals surface area contributed by atoms with Gasteiger partial charge in [-0.1, -0.05) is 37.3 Å². The van der Waals surface area contributed by atoms with Gasteiger partial charge in [0.2, 0.25) is 0 Å². The number of benzene rings is 1. The molecule has 3 nitrogen and oxygen atoms in total. The minimum atomic E-state index is -0.225. The first kappa shape index (κ1) is 15.9. The number of hydrogen-bond donors (Lipinski definition) is 1. The van der Waals surface area contributed by atoms with Gasteiger partial charge in [-0.3, -0.25) is 0 Å². The summed E-state index contributed by atoms with van der Waals surface area (Å²) >= 11 is 1.52. The fourth-order valence-electron chi connectivity index (χ4n) is 2.14. The van der Waals surface area contributed by atoms with Gasteiger partial charge in [0.1, 0.15) is 5.82 Å². The van der Waals surface area contributed by atoms with Crippen molar-refractivity contribution in [3.63, 3.8) is 0 Å². The zero-order chi connectivity index (χ0) is 15.4. The zero-order valence-electron chi connectivity index (χ0n) is 12.6. The van der Waals surface area contributed by atoms with E-state index < -0.39 is 0 Å². The molecule has 1 unspecified atom stereocenters. The summed E-state index contributed by atoms with van der Waals surface area (Å²) in [6.45, 7) is 4.94. The number of rotatable bonds is 6. The maximum Gasteiger partial charge on any atom is 0.185 e. The fraction of sp³-hybridized carbons (Fsp3) is 0.438. The van der Waals surface area contributed by atoms with Crippen LogP contribution < -0.4 is 4.90 Å². The Labute approximate surface area is 129 Å². The van der Waals surface area contributed by atoms with Crippen LogP contribution in [0.3, 0.4) is 0 Å². The molecular formula is C16H21FN2OS. The number of thiazole rings is 1. The van der Waals surface area contributed by atoms with Crippen LogP contribution in [0.4, 0.5) is 9.52 Å². The van der Waals surface area contributed by atoms with Gasteiger partial charge in [0.25, 0.3) is 0 Å².